The van der Waals surface area contributed by atoms with Gasteiger partial charge in [0.05, 0.1) is 0 Å². The minimum Gasteiger partial charge on any atom is -0.381 e. The Bertz CT molecular complexity index is 377. The molecular formula is C11H18FN3. The van der Waals surface area contributed by atoms with E-state index in [1.807, 2.05) is 0 Å². The number of aryl methyl sites for hydroxylation is 1. The summed E-state index contributed by atoms with van der Waals surface area (Å²) in [5.41, 5.74) is 5.91. The fraction of sp³-hybridized carbons (Fsp3) is 0.727. The van der Waals surface area contributed by atoms with Crippen LogP contribution in [0, 0.1) is 11.7 Å². The van der Waals surface area contributed by atoms with E-state index < -0.39 is 0 Å². The molecule has 1 saturated carbocycles. The van der Waals surface area contributed by atoms with Crippen molar-refractivity contribution in [1.82, 2.24) is 9.78 Å². The van der Waals surface area contributed by atoms with Crippen molar-refractivity contribution in [2.75, 3.05) is 5.73 Å². The number of halogens is 1. The normalized spacial score (nSPS) is 17.9. The van der Waals surface area contributed by atoms with Gasteiger partial charge in [-0.2, -0.15) is 5.10 Å². The van der Waals surface area contributed by atoms with Crippen LogP contribution in [-0.4, -0.2) is 9.78 Å². The lowest BCUT2D eigenvalue weighted by molar-refractivity contribution is 0.185. The average Bonchev–Trinajstić information content (AvgIpc) is 2.29. The van der Waals surface area contributed by atoms with E-state index in [-0.39, 0.29) is 17.1 Å². The summed E-state index contributed by atoms with van der Waals surface area (Å²) in [5, 5.41) is 4.20. The molecular weight excluding hydrogens is 193 g/mol. The monoisotopic (exact) mass is 211 g/mol. The molecule has 1 heterocycles. The van der Waals surface area contributed by atoms with Gasteiger partial charge in [0.1, 0.15) is 5.69 Å². The minimum absolute atomic E-state index is 0.136. The zero-order valence-electron chi connectivity index (χ0n) is 9.55. The summed E-state index contributed by atoms with van der Waals surface area (Å²) in [7, 11) is 1.68. The molecule has 0 saturated heterocycles. The highest BCUT2D eigenvalue weighted by Gasteiger charge is 2.39. The number of nitrogen functional groups attached to an aromatic ring is 1. The van der Waals surface area contributed by atoms with Gasteiger partial charge in [0.25, 0.3) is 0 Å². The van der Waals surface area contributed by atoms with Crippen LogP contribution >= 0.6 is 0 Å². The van der Waals surface area contributed by atoms with Gasteiger partial charge in [0.15, 0.2) is 11.6 Å². The Kier molecular flexibility index (Phi) is 2.24. The second-order valence-electron chi connectivity index (χ2n) is 5.02. The van der Waals surface area contributed by atoms with Crippen molar-refractivity contribution in [2.45, 2.75) is 38.5 Å². The third kappa shape index (κ3) is 1.43. The number of rotatable bonds is 2. The lowest BCUT2D eigenvalue weighted by atomic mass is 9.66. The Morgan fingerprint density at radius 2 is 2.07 bits per heavy atom. The van der Waals surface area contributed by atoms with Crippen molar-refractivity contribution in [3.8, 4) is 0 Å². The van der Waals surface area contributed by atoms with E-state index in [9.17, 15) is 4.39 Å². The van der Waals surface area contributed by atoms with Gasteiger partial charge in [-0.1, -0.05) is 20.3 Å². The number of nitrogens with zero attached hydrogens (tertiary/aromatic N) is 2. The molecule has 4 heteroatoms. The fourth-order valence-electron chi connectivity index (χ4n) is 2.25. The Morgan fingerprint density at radius 1 is 1.47 bits per heavy atom. The SMILES string of the molecule is Cn1nc(C(C)(C)C2CCC2)c(F)c1N. The van der Waals surface area contributed by atoms with Crippen LogP contribution in [0.2, 0.25) is 0 Å². The van der Waals surface area contributed by atoms with Crippen molar-refractivity contribution >= 4 is 5.82 Å². The Hall–Kier alpha value is -1.06. The van der Waals surface area contributed by atoms with Crippen LogP contribution in [0.15, 0.2) is 0 Å². The fourth-order valence-corrected chi connectivity index (χ4v) is 2.25. The number of nitrogens with two attached hydrogens (primary N) is 1. The molecule has 1 fully saturated rings. The Balaban J connectivity index is 2.39. The molecule has 1 aliphatic rings. The van der Waals surface area contributed by atoms with Gasteiger partial charge >= 0.3 is 0 Å². The van der Waals surface area contributed by atoms with Crippen LogP contribution in [0.4, 0.5) is 10.2 Å². The first kappa shape index (κ1) is 10.5. The zero-order chi connectivity index (χ0) is 11.2. The quantitative estimate of drug-likeness (QED) is 0.815. The van der Waals surface area contributed by atoms with E-state index in [0.29, 0.717) is 11.6 Å². The minimum atomic E-state index is -0.339. The Labute approximate surface area is 89.5 Å². The average molecular weight is 211 g/mol. The number of hydrogen-bond donors (Lipinski definition) is 1. The highest BCUT2D eigenvalue weighted by molar-refractivity contribution is 5.36. The van der Waals surface area contributed by atoms with Gasteiger partial charge < -0.3 is 5.73 Å². The molecule has 1 aliphatic carbocycles. The van der Waals surface area contributed by atoms with Crippen LogP contribution in [0.1, 0.15) is 38.8 Å². The number of aromatic nitrogens is 2. The molecule has 15 heavy (non-hydrogen) atoms. The van der Waals surface area contributed by atoms with Gasteiger partial charge in [0.2, 0.25) is 0 Å². The lowest BCUT2D eigenvalue weighted by Gasteiger charge is -2.39. The molecule has 0 radical (unpaired) electrons. The summed E-state index contributed by atoms with van der Waals surface area (Å²) in [6.07, 6.45) is 3.59. The maximum atomic E-state index is 13.8. The van der Waals surface area contributed by atoms with Crippen molar-refractivity contribution in [3.63, 3.8) is 0 Å². The molecule has 3 nitrogen and oxygen atoms in total. The summed E-state index contributed by atoms with van der Waals surface area (Å²) in [4.78, 5) is 0. The maximum absolute atomic E-state index is 13.8. The van der Waals surface area contributed by atoms with E-state index in [1.165, 1.54) is 23.9 Å². The number of anilines is 1. The van der Waals surface area contributed by atoms with Crippen LogP contribution in [0.5, 0.6) is 0 Å². The third-order valence-corrected chi connectivity index (χ3v) is 3.77. The van der Waals surface area contributed by atoms with E-state index >= 15 is 0 Å². The van der Waals surface area contributed by atoms with Crippen LogP contribution in [-0.2, 0) is 12.5 Å². The van der Waals surface area contributed by atoms with Gasteiger partial charge in [-0.3, -0.25) is 4.68 Å². The number of hydrogen-bond acceptors (Lipinski definition) is 2. The van der Waals surface area contributed by atoms with Crippen molar-refractivity contribution < 1.29 is 4.39 Å². The van der Waals surface area contributed by atoms with Crippen molar-refractivity contribution in [1.29, 1.82) is 0 Å². The van der Waals surface area contributed by atoms with Crippen LogP contribution in [0.25, 0.3) is 0 Å². The van der Waals surface area contributed by atoms with Crippen molar-refractivity contribution in [3.05, 3.63) is 11.5 Å². The molecule has 0 amide bonds. The molecule has 0 bridgehead atoms. The highest BCUT2D eigenvalue weighted by atomic mass is 19.1. The smallest absolute Gasteiger partial charge is 0.188 e. The molecule has 2 N–H and O–H groups in total. The Morgan fingerprint density at radius 3 is 2.40 bits per heavy atom. The first-order chi connectivity index (χ1) is 6.94. The van der Waals surface area contributed by atoms with E-state index in [1.54, 1.807) is 7.05 Å². The first-order valence-corrected chi connectivity index (χ1v) is 5.43. The largest absolute Gasteiger partial charge is 0.381 e. The lowest BCUT2D eigenvalue weighted by Crippen LogP contribution is -2.34. The van der Waals surface area contributed by atoms with Gasteiger partial charge in [-0.05, 0) is 18.8 Å². The molecule has 2 rings (SSSR count). The van der Waals surface area contributed by atoms with E-state index in [4.69, 9.17) is 5.73 Å². The predicted octanol–water partition coefficient (Wildman–Crippen LogP) is 2.22. The third-order valence-electron chi connectivity index (χ3n) is 3.77. The standard InChI is InChI=1S/C11H18FN3/c1-11(2,7-5-4-6-7)9-8(12)10(13)15(3)14-9/h7H,4-6,13H2,1-3H3. The summed E-state index contributed by atoms with van der Waals surface area (Å²) in [6.45, 7) is 4.11. The van der Waals surface area contributed by atoms with Crippen LogP contribution in [0.3, 0.4) is 0 Å². The van der Waals surface area contributed by atoms with Gasteiger partial charge in [-0.25, -0.2) is 4.39 Å². The molecule has 0 atom stereocenters. The summed E-state index contributed by atoms with van der Waals surface area (Å²) in [5.74, 6) is 0.341. The van der Waals surface area contributed by atoms with Crippen molar-refractivity contribution in [2.24, 2.45) is 13.0 Å². The second kappa shape index (κ2) is 3.22. The van der Waals surface area contributed by atoms with Gasteiger partial charge in [-0.15, -0.1) is 0 Å². The molecule has 0 aromatic carbocycles. The molecule has 1 aromatic rings. The molecule has 84 valence electrons. The topological polar surface area (TPSA) is 43.8 Å². The molecule has 0 unspecified atom stereocenters. The van der Waals surface area contributed by atoms with Crippen LogP contribution < -0.4 is 5.73 Å². The summed E-state index contributed by atoms with van der Waals surface area (Å²) >= 11 is 0. The van der Waals surface area contributed by atoms with Gasteiger partial charge in [0, 0.05) is 12.5 Å². The summed E-state index contributed by atoms with van der Waals surface area (Å²) in [6, 6.07) is 0. The highest BCUT2D eigenvalue weighted by Crippen LogP contribution is 2.44. The zero-order valence-corrected chi connectivity index (χ0v) is 9.55. The van der Waals surface area contributed by atoms with E-state index in [2.05, 4.69) is 18.9 Å². The first-order valence-electron chi connectivity index (χ1n) is 5.43. The predicted molar refractivity (Wildman–Crippen MR) is 57.9 cm³/mol. The second-order valence-corrected chi connectivity index (χ2v) is 5.02. The molecule has 0 spiro atoms. The molecule has 1 aromatic heterocycles. The molecule has 0 aliphatic heterocycles. The summed E-state index contributed by atoms with van der Waals surface area (Å²) < 4.78 is 15.3. The van der Waals surface area contributed by atoms with E-state index in [0.717, 1.165) is 0 Å². The maximum Gasteiger partial charge on any atom is 0.188 e.